The Hall–Kier alpha value is -1.77. The van der Waals surface area contributed by atoms with E-state index in [1.807, 2.05) is 0 Å². The number of aldehydes is 1. The molecule has 10 heteroatoms. The molecule has 142 valence electrons. The number of alkyl halides is 6. The lowest BCUT2D eigenvalue weighted by Crippen LogP contribution is -2.08. The van der Waals surface area contributed by atoms with E-state index >= 15 is 0 Å². The fourth-order valence-corrected chi connectivity index (χ4v) is 2.40. The summed E-state index contributed by atoms with van der Waals surface area (Å²) in [5.41, 5.74) is 3.53. The van der Waals surface area contributed by atoms with Crippen LogP contribution in [-0.2, 0) is 18.9 Å². The minimum atomic E-state index is -4.52. The third-order valence-electron chi connectivity index (χ3n) is 3.06. The maximum atomic E-state index is 12.2. The Morgan fingerprint density at radius 1 is 0.846 bits per heavy atom. The summed E-state index contributed by atoms with van der Waals surface area (Å²) in [7, 11) is 0. The van der Waals surface area contributed by atoms with Gasteiger partial charge in [-0.05, 0) is 17.7 Å². The molecule has 0 atom stereocenters. The minimum absolute atomic E-state index is 0.00273. The Kier molecular flexibility index (Phi) is 7.49. The number of hydrogen-bond donors (Lipinski definition) is 1. The maximum Gasteiger partial charge on any atom is 0.417 e. The first kappa shape index (κ1) is 22.3. The smallest absolute Gasteiger partial charge is 0.326 e. The van der Waals surface area contributed by atoms with Gasteiger partial charge in [0, 0.05) is 12.1 Å². The second-order valence-corrected chi connectivity index (χ2v) is 5.56. The topological polar surface area (TPSA) is 43.1 Å². The minimum Gasteiger partial charge on any atom is -0.326 e. The van der Waals surface area contributed by atoms with Crippen LogP contribution < -0.4 is 5.73 Å². The van der Waals surface area contributed by atoms with E-state index in [0.717, 1.165) is 18.2 Å². The van der Waals surface area contributed by atoms with Gasteiger partial charge in [0.15, 0.2) is 6.29 Å². The highest BCUT2D eigenvalue weighted by Crippen LogP contribution is 2.36. The van der Waals surface area contributed by atoms with Crippen molar-refractivity contribution in [3.63, 3.8) is 0 Å². The molecule has 0 bridgehead atoms. The quantitative estimate of drug-likeness (QED) is 0.481. The monoisotopic (exact) mass is 417 g/mol. The fraction of sp³-hybridized carbons (Fsp3) is 0.188. The molecule has 2 aromatic carbocycles. The molecule has 0 fully saturated rings. The Morgan fingerprint density at radius 3 is 1.73 bits per heavy atom. The zero-order valence-electron chi connectivity index (χ0n) is 12.8. The second-order valence-electron chi connectivity index (χ2n) is 4.80. The van der Waals surface area contributed by atoms with E-state index in [2.05, 4.69) is 0 Å². The summed E-state index contributed by atoms with van der Waals surface area (Å²) in [6.45, 7) is 0.00273. The predicted molar refractivity (Wildman–Crippen MR) is 86.2 cm³/mol. The first-order chi connectivity index (χ1) is 11.9. The summed E-state index contributed by atoms with van der Waals surface area (Å²) >= 11 is 10.8. The molecule has 0 saturated heterocycles. The van der Waals surface area contributed by atoms with Crippen molar-refractivity contribution in [2.45, 2.75) is 18.9 Å². The molecule has 0 heterocycles. The molecule has 0 radical (unpaired) electrons. The molecule has 2 aromatic rings. The molecule has 0 aliphatic rings. The van der Waals surface area contributed by atoms with Gasteiger partial charge in [-0.1, -0.05) is 47.5 Å². The van der Waals surface area contributed by atoms with Crippen LogP contribution in [0.5, 0.6) is 0 Å². The van der Waals surface area contributed by atoms with Crippen LogP contribution in [0.3, 0.4) is 0 Å². The number of carbonyl (C=O) groups excluding carboxylic acids is 1. The second kappa shape index (κ2) is 8.75. The number of carbonyl (C=O) groups is 1. The van der Waals surface area contributed by atoms with Crippen LogP contribution in [0.2, 0.25) is 10.0 Å². The molecule has 0 aromatic heterocycles. The van der Waals surface area contributed by atoms with Crippen LogP contribution in [0.1, 0.15) is 27.0 Å². The van der Waals surface area contributed by atoms with Crippen molar-refractivity contribution in [3.8, 4) is 0 Å². The van der Waals surface area contributed by atoms with Crippen molar-refractivity contribution >= 4 is 29.5 Å². The van der Waals surface area contributed by atoms with Gasteiger partial charge in [0.05, 0.1) is 21.2 Å². The lowest BCUT2D eigenvalue weighted by atomic mass is 10.1. The molecule has 26 heavy (non-hydrogen) atoms. The van der Waals surface area contributed by atoms with E-state index in [1.165, 1.54) is 18.2 Å². The highest BCUT2D eigenvalue weighted by molar-refractivity contribution is 6.33. The molecule has 2 N–H and O–H groups in total. The van der Waals surface area contributed by atoms with E-state index < -0.39 is 28.5 Å². The van der Waals surface area contributed by atoms with Crippen LogP contribution in [0.25, 0.3) is 0 Å². The molecular formula is C16H11Cl2F6NO. The average Bonchev–Trinajstić information content (AvgIpc) is 2.53. The van der Waals surface area contributed by atoms with Gasteiger partial charge in [-0.3, -0.25) is 4.79 Å². The zero-order chi connectivity index (χ0) is 20.1. The standard InChI is InChI=1S/C8H7ClF3N.C8H4ClF3O/c2*9-7-5(4-13)2-1-3-6(7)8(10,11)12/h1-3H,4,13H2;1-4H. The lowest BCUT2D eigenvalue weighted by Gasteiger charge is -2.10. The summed E-state index contributed by atoms with van der Waals surface area (Å²) in [6, 6.07) is 6.88. The molecular weight excluding hydrogens is 407 g/mol. The van der Waals surface area contributed by atoms with Crippen molar-refractivity contribution in [3.05, 3.63) is 68.7 Å². The van der Waals surface area contributed by atoms with E-state index in [0.29, 0.717) is 5.56 Å². The number of nitrogens with two attached hydrogens (primary N) is 1. The van der Waals surface area contributed by atoms with Crippen LogP contribution in [0.15, 0.2) is 36.4 Å². The first-order valence-electron chi connectivity index (χ1n) is 6.79. The van der Waals surface area contributed by atoms with Gasteiger partial charge in [-0.25, -0.2) is 0 Å². The average molecular weight is 418 g/mol. The third kappa shape index (κ3) is 5.62. The summed E-state index contributed by atoms with van der Waals surface area (Å²) in [4.78, 5) is 10.3. The molecule has 0 saturated carbocycles. The van der Waals surface area contributed by atoms with Gasteiger partial charge >= 0.3 is 12.4 Å². The third-order valence-corrected chi connectivity index (χ3v) is 3.93. The van der Waals surface area contributed by atoms with Crippen molar-refractivity contribution < 1.29 is 31.1 Å². The highest BCUT2D eigenvalue weighted by Gasteiger charge is 2.34. The molecule has 0 amide bonds. The normalized spacial score (nSPS) is 11.6. The Morgan fingerprint density at radius 2 is 1.31 bits per heavy atom. The van der Waals surface area contributed by atoms with E-state index in [4.69, 9.17) is 28.9 Å². The van der Waals surface area contributed by atoms with Crippen molar-refractivity contribution in [2.75, 3.05) is 0 Å². The van der Waals surface area contributed by atoms with Gasteiger partial charge in [0.2, 0.25) is 0 Å². The van der Waals surface area contributed by atoms with Crippen molar-refractivity contribution in [1.29, 1.82) is 0 Å². The number of halogens is 8. The molecule has 0 aliphatic heterocycles. The number of hydrogen-bond acceptors (Lipinski definition) is 2. The van der Waals surface area contributed by atoms with Gasteiger partial charge in [-0.15, -0.1) is 0 Å². The Bertz CT molecular complexity index is 774. The molecule has 2 rings (SSSR count). The predicted octanol–water partition coefficient (Wildman–Crippen LogP) is 5.99. The zero-order valence-corrected chi connectivity index (χ0v) is 14.3. The maximum absolute atomic E-state index is 12.2. The fourth-order valence-electron chi connectivity index (χ4n) is 1.82. The van der Waals surface area contributed by atoms with Gasteiger partial charge in [0.1, 0.15) is 0 Å². The summed E-state index contributed by atoms with van der Waals surface area (Å²) in [5.74, 6) is 0. The van der Waals surface area contributed by atoms with Crippen molar-refractivity contribution in [1.82, 2.24) is 0 Å². The van der Waals surface area contributed by atoms with Crippen LogP contribution in [0.4, 0.5) is 26.3 Å². The first-order valence-corrected chi connectivity index (χ1v) is 7.54. The summed E-state index contributed by atoms with van der Waals surface area (Å²) < 4.78 is 73.2. The highest BCUT2D eigenvalue weighted by atomic mass is 35.5. The summed E-state index contributed by atoms with van der Waals surface area (Å²) in [6.07, 6.45) is -8.64. The van der Waals surface area contributed by atoms with E-state index in [-0.39, 0.29) is 23.4 Å². The van der Waals surface area contributed by atoms with Crippen LogP contribution in [0, 0.1) is 0 Å². The molecule has 0 spiro atoms. The van der Waals surface area contributed by atoms with E-state index in [1.54, 1.807) is 0 Å². The van der Waals surface area contributed by atoms with Gasteiger partial charge < -0.3 is 5.73 Å². The Labute approximate surface area is 154 Å². The largest absolute Gasteiger partial charge is 0.417 e. The Balaban J connectivity index is 0.000000260. The molecule has 0 unspecified atom stereocenters. The summed E-state index contributed by atoms with van der Waals surface area (Å²) in [5, 5.41) is -0.859. The lowest BCUT2D eigenvalue weighted by molar-refractivity contribution is -0.138. The SMILES string of the molecule is NCc1cccc(C(F)(F)F)c1Cl.O=Cc1cccc(C(F)(F)F)c1Cl. The number of rotatable bonds is 2. The van der Waals surface area contributed by atoms with Gasteiger partial charge in [-0.2, -0.15) is 26.3 Å². The number of benzene rings is 2. The molecule has 0 aliphatic carbocycles. The van der Waals surface area contributed by atoms with Crippen LogP contribution in [-0.4, -0.2) is 6.29 Å². The van der Waals surface area contributed by atoms with Crippen molar-refractivity contribution in [2.24, 2.45) is 5.73 Å². The van der Waals surface area contributed by atoms with Crippen LogP contribution >= 0.6 is 23.2 Å². The van der Waals surface area contributed by atoms with E-state index in [9.17, 15) is 31.1 Å². The van der Waals surface area contributed by atoms with Gasteiger partial charge in [0.25, 0.3) is 0 Å². The molecule has 2 nitrogen and oxygen atoms in total.